The summed E-state index contributed by atoms with van der Waals surface area (Å²) in [6, 6.07) is -0.692. The third-order valence-corrected chi connectivity index (χ3v) is 3.65. The van der Waals surface area contributed by atoms with E-state index in [1.54, 1.807) is 24.7 Å². The second kappa shape index (κ2) is 6.66. The molecule has 116 valence electrons. The van der Waals surface area contributed by atoms with Crippen LogP contribution in [0.15, 0.2) is 6.20 Å². The molecule has 0 unspecified atom stereocenters. The summed E-state index contributed by atoms with van der Waals surface area (Å²) in [5, 5.41) is 22.7. The molecule has 2 heterocycles. The monoisotopic (exact) mass is 295 g/mol. The van der Waals surface area contributed by atoms with Crippen molar-refractivity contribution >= 4 is 11.9 Å². The Morgan fingerprint density at radius 1 is 1.43 bits per heavy atom. The van der Waals surface area contributed by atoms with Gasteiger partial charge in [0.1, 0.15) is 6.04 Å². The first-order valence-electron chi connectivity index (χ1n) is 7.15. The Morgan fingerprint density at radius 2 is 2.10 bits per heavy atom. The van der Waals surface area contributed by atoms with Crippen LogP contribution < -0.4 is 10.6 Å². The topological polar surface area (TPSA) is 109 Å². The van der Waals surface area contributed by atoms with Crippen LogP contribution in [0.1, 0.15) is 43.2 Å². The molecule has 0 aliphatic carbocycles. The molecule has 0 bridgehead atoms. The minimum atomic E-state index is -1.05. The quantitative estimate of drug-likeness (QED) is 0.707. The first kappa shape index (κ1) is 15.4. The molecule has 0 aromatic carbocycles. The van der Waals surface area contributed by atoms with Crippen molar-refractivity contribution in [2.75, 3.05) is 13.1 Å². The highest BCUT2D eigenvalue weighted by Gasteiger charge is 2.26. The zero-order valence-electron chi connectivity index (χ0n) is 12.2. The summed E-state index contributed by atoms with van der Waals surface area (Å²) in [6.07, 6.45) is 3.47. The van der Waals surface area contributed by atoms with E-state index in [1.807, 2.05) is 0 Å². The summed E-state index contributed by atoms with van der Waals surface area (Å²) in [5.41, 5.74) is 0.153. The average Bonchev–Trinajstić information content (AvgIpc) is 2.94. The maximum absolute atomic E-state index is 12.1. The number of carbonyl (C=O) groups excluding carboxylic acids is 1. The van der Waals surface area contributed by atoms with Crippen LogP contribution in [0.3, 0.4) is 0 Å². The van der Waals surface area contributed by atoms with Gasteiger partial charge in [-0.1, -0.05) is 19.1 Å². The van der Waals surface area contributed by atoms with Gasteiger partial charge in [0.25, 0.3) is 5.91 Å². The highest BCUT2D eigenvalue weighted by atomic mass is 16.4. The Morgan fingerprint density at radius 3 is 2.67 bits per heavy atom. The van der Waals surface area contributed by atoms with E-state index in [9.17, 15) is 9.59 Å². The number of nitrogens with zero attached hydrogens (tertiary/aromatic N) is 3. The number of hydrogen-bond donors (Lipinski definition) is 3. The van der Waals surface area contributed by atoms with Crippen molar-refractivity contribution < 1.29 is 14.7 Å². The zero-order valence-corrected chi connectivity index (χ0v) is 12.2. The Labute approximate surface area is 122 Å². The molecule has 0 spiro atoms. The summed E-state index contributed by atoms with van der Waals surface area (Å²) in [7, 11) is 0. The van der Waals surface area contributed by atoms with Crippen molar-refractivity contribution in [2.45, 2.75) is 38.8 Å². The van der Waals surface area contributed by atoms with Gasteiger partial charge < -0.3 is 15.7 Å². The van der Waals surface area contributed by atoms with Crippen LogP contribution in [-0.4, -0.2) is 51.1 Å². The predicted molar refractivity (Wildman–Crippen MR) is 74.9 cm³/mol. The van der Waals surface area contributed by atoms with Crippen LogP contribution in [0.4, 0.5) is 0 Å². The maximum atomic E-state index is 12.1. The van der Waals surface area contributed by atoms with E-state index in [-0.39, 0.29) is 17.7 Å². The molecule has 21 heavy (non-hydrogen) atoms. The van der Waals surface area contributed by atoms with Gasteiger partial charge in [-0.05, 0) is 31.8 Å². The lowest BCUT2D eigenvalue weighted by Crippen LogP contribution is -2.44. The van der Waals surface area contributed by atoms with Gasteiger partial charge in [-0.15, -0.1) is 5.10 Å². The first-order valence-corrected chi connectivity index (χ1v) is 7.15. The number of carboxylic acid groups (broad SMARTS) is 1. The van der Waals surface area contributed by atoms with E-state index in [4.69, 9.17) is 5.11 Å². The van der Waals surface area contributed by atoms with Gasteiger partial charge in [-0.2, -0.15) is 0 Å². The smallest absolute Gasteiger partial charge is 0.326 e. The molecule has 8 nitrogen and oxygen atoms in total. The molecule has 1 fully saturated rings. The molecule has 8 heteroatoms. The van der Waals surface area contributed by atoms with E-state index in [2.05, 4.69) is 20.9 Å². The second-order valence-corrected chi connectivity index (χ2v) is 5.60. The Hall–Kier alpha value is -1.96. The van der Waals surface area contributed by atoms with Crippen molar-refractivity contribution in [3.8, 4) is 0 Å². The number of piperidine rings is 1. The Kier molecular flexibility index (Phi) is 4.89. The van der Waals surface area contributed by atoms with E-state index in [1.165, 1.54) is 0 Å². The lowest BCUT2D eigenvalue weighted by Gasteiger charge is -2.22. The van der Waals surface area contributed by atoms with E-state index >= 15 is 0 Å². The maximum Gasteiger partial charge on any atom is 0.326 e. The molecule has 1 aromatic heterocycles. The molecule has 2 rings (SSSR count). The number of hydrogen-bond acceptors (Lipinski definition) is 5. The molecule has 1 amide bonds. The van der Waals surface area contributed by atoms with Crippen LogP contribution >= 0.6 is 0 Å². The van der Waals surface area contributed by atoms with Crippen molar-refractivity contribution in [2.24, 2.45) is 5.92 Å². The molecule has 1 aromatic rings. The fraction of sp³-hybridized carbons (Fsp3) is 0.692. The number of rotatable bonds is 5. The molecule has 0 saturated carbocycles. The largest absolute Gasteiger partial charge is 0.480 e. The molecule has 1 atom stereocenters. The number of carbonyl (C=O) groups is 2. The fourth-order valence-electron chi connectivity index (χ4n) is 2.36. The minimum absolute atomic E-state index is 0.153. The summed E-state index contributed by atoms with van der Waals surface area (Å²) >= 11 is 0. The SMILES string of the molecule is CC(C)[C@@H](NC(=O)c1cn(C2CCNCC2)nn1)C(=O)O. The van der Waals surface area contributed by atoms with Crippen LogP contribution in [-0.2, 0) is 4.79 Å². The van der Waals surface area contributed by atoms with Gasteiger partial charge in [-0.3, -0.25) is 4.79 Å². The average molecular weight is 295 g/mol. The van der Waals surface area contributed by atoms with Gasteiger partial charge in [-0.25, -0.2) is 9.48 Å². The fourth-order valence-corrected chi connectivity index (χ4v) is 2.36. The molecular weight excluding hydrogens is 274 g/mol. The number of carboxylic acids is 1. The molecule has 1 saturated heterocycles. The van der Waals surface area contributed by atoms with Crippen molar-refractivity contribution in [1.82, 2.24) is 25.6 Å². The molecular formula is C13H21N5O3. The third-order valence-electron chi connectivity index (χ3n) is 3.65. The lowest BCUT2D eigenvalue weighted by molar-refractivity contribution is -0.140. The van der Waals surface area contributed by atoms with Gasteiger partial charge in [0.05, 0.1) is 12.2 Å². The number of amides is 1. The summed E-state index contributed by atoms with van der Waals surface area (Å²) in [4.78, 5) is 23.2. The van der Waals surface area contributed by atoms with Gasteiger partial charge >= 0.3 is 5.97 Å². The molecule has 3 N–H and O–H groups in total. The van der Waals surface area contributed by atoms with Crippen LogP contribution in [0.2, 0.25) is 0 Å². The van der Waals surface area contributed by atoms with E-state index in [0.29, 0.717) is 0 Å². The van der Waals surface area contributed by atoms with E-state index in [0.717, 1.165) is 25.9 Å². The van der Waals surface area contributed by atoms with Gasteiger partial charge in [0, 0.05) is 0 Å². The van der Waals surface area contributed by atoms with Crippen LogP contribution in [0.5, 0.6) is 0 Å². The van der Waals surface area contributed by atoms with Gasteiger partial charge in [0.15, 0.2) is 5.69 Å². The number of aliphatic carboxylic acids is 1. The summed E-state index contributed by atoms with van der Waals surface area (Å²) in [6.45, 7) is 5.32. The summed E-state index contributed by atoms with van der Waals surface area (Å²) in [5.74, 6) is -1.76. The Balaban J connectivity index is 2.02. The van der Waals surface area contributed by atoms with Crippen LogP contribution in [0, 0.1) is 5.92 Å². The molecule has 1 aliphatic rings. The van der Waals surface area contributed by atoms with Gasteiger partial charge in [0.2, 0.25) is 0 Å². The highest BCUT2D eigenvalue weighted by molar-refractivity contribution is 5.94. The second-order valence-electron chi connectivity index (χ2n) is 5.60. The van der Waals surface area contributed by atoms with E-state index < -0.39 is 17.9 Å². The minimum Gasteiger partial charge on any atom is -0.480 e. The highest BCUT2D eigenvalue weighted by Crippen LogP contribution is 2.17. The predicted octanol–water partition coefficient (Wildman–Crippen LogP) is 0.0416. The number of aromatic nitrogens is 3. The van der Waals surface area contributed by atoms with Crippen molar-refractivity contribution in [3.05, 3.63) is 11.9 Å². The van der Waals surface area contributed by atoms with Crippen LogP contribution in [0.25, 0.3) is 0 Å². The molecule has 0 radical (unpaired) electrons. The Bertz CT molecular complexity index is 508. The van der Waals surface area contributed by atoms with Crippen molar-refractivity contribution in [1.29, 1.82) is 0 Å². The first-order chi connectivity index (χ1) is 9.99. The number of nitrogens with one attached hydrogen (secondary N) is 2. The zero-order chi connectivity index (χ0) is 15.4. The third kappa shape index (κ3) is 3.78. The van der Waals surface area contributed by atoms with Crippen molar-refractivity contribution in [3.63, 3.8) is 0 Å². The molecule has 1 aliphatic heterocycles. The summed E-state index contributed by atoms with van der Waals surface area (Å²) < 4.78 is 1.70. The lowest BCUT2D eigenvalue weighted by atomic mass is 10.0. The normalized spacial score (nSPS) is 17.7. The standard InChI is InChI=1S/C13H21N5O3/c1-8(2)11(13(20)21)15-12(19)10-7-18(17-16-10)9-3-5-14-6-4-9/h7-9,11,14H,3-6H2,1-2H3,(H,15,19)(H,20,21)/t11-/m1/s1.